The van der Waals surface area contributed by atoms with Crippen LogP contribution in [0.25, 0.3) is 0 Å². The first-order valence-corrected chi connectivity index (χ1v) is 3.70. The van der Waals surface area contributed by atoms with Crippen molar-refractivity contribution in [2.24, 2.45) is 0 Å². The van der Waals surface area contributed by atoms with Crippen LogP contribution in [0.4, 0.5) is 13.2 Å². The lowest BCUT2D eigenvalue weighted by atomic mass is 10.2. The van der Waals surface area contributed by atoms with E-state index in [4.69, 9.17) is 0 Å². The van der Waals surface area contributed by atoms with Crippen LogP contribution < -0.4 is 0 Å². The molecular formula is C8H7F3N2O. The summed E-state index contributed by atoms with van der Waals surface area (Å²) in [4.78, 5) is 10.7. The van der Waals surface area contributed by atoms with Gasteiger partial charge in [-0.25, -0.2) is 0 Å². The van der Waals surface area contributed by atoms with Crippen molar-refractivity contribution >= 4 is 5.78 Å². The molecule has 0 spiro atoms. The molecule has 0 aliphatic rings. The summed E-state index contributed by atoms with van der Waals surface area (Å²) in [7, 11) is 0. The van der Waals surface area contributed by atoms with Gasteiger partial charge in [-0.1, -0.05) is 6.08 Å². The molecule has 0 aromatic carbocycles. The SMILES string of the molecule is C=CCn1cc(C(=O)C(F)(F)F)cn1. The molecule has 14 heavy (non-hydrogen) atoms. The van der Waals surface area contributed by atoms with Gasteiger partial charge in [0.25, 0.3) is 5.78 Å². The van der Waals surface area contributed by atoms with Gasteiger partial charge in [0.05, 0.1) is 18.3 Å². The van der Waals surface area contributed by atoms with E-state index >= 15 is 0 Å². The average Bonchev–Trinajstić information content (AvgIpc) is 2.50. The lowest BCUT2D eigenvalue weighted by Crippen LogP contribution is -2.22. The van der Waals surface area contributed by atoms with Crippen LogP contribution in [0, 0.1) is 0 Å². The van der Waals surface area contributed by atoms with Gasteiger partial charge in [0, 0.05) is 6.20 Å². The molecule has 0 aliphatic heterocycles. The summed E-state index contributed by atoms with van der Waals surface area (Å²) in [6, 6.07) is 0. The summed E-state index contributed by atoms with van der Waals surface area (Å²) in [5.74, 6) is -1.88. The molecule has 0 saturated carbocycles. The maximum atomic E-state index is 11.9. The molecule has 1 heterocycles. The van der Waals surface area contributed by atoms with Gasteiger partial charge in [-0.3, -0.25) is 9.48 Å². The number of ketones is 1. The standard InChI is InChI=1S/C8H7F3N2O/c1-2-3-13-5-6(4-12-13)7(14)8(9,10)11/h2,4-5H,1,3H2. The third kappa shape index (κ3) is 2.21. The van der Waals surface area contributed by atoms with Gasteiger partial charge in [-0.2, -0.15) is 18.3 Å². The Morgan fingerprint density at radius 1 is 1.64 bits per heavy atom. The Labute approximate surface area is 77.8 Å². The zero-order chi connectivity index (χ0) is 10.8. The van der Waals surface area contributed by atoms with Crippen molar-refractivity contribution in [3.63, 3.8) is 0 Å². The number of nitrogens with zero attached hydrogens (tertiary/aromatic N) is 2. The third-order valence-electron chi connectivity index (χ3n) is 1.47. The minimum absolute atomic E-state index is 0.269. The van der Waals surface area contributed by atoms with Crippen LogP contribution >= 0.6 is 0 Å². The Balaban J connectivity index is 2.87. The Bertz CT molecular complexity index is 354. The van der Waals surface area contributed by atoms with Gasteiger partial charge in [0.2, 0.25) is 0 Å². The molecule has 1 rings (SSSR count). The smallest absolute Gasteiger partial charge is 0.284 e. The zero-order valence-corrected chi connectivity index (χ0v) is 7.08. The molecule has 0 atom stereocenters. The molecule has 6 heteroatoms. The van der Waals surface area contributed by atoms with Gasteiger partial charge >= 0.3 is 6.18 Å². The number of aromatic nitrogens is 2. The van der Waals surface area contributed by atoms with Crippen LogP contribution in [-0.4, -0.2) is 21.7 Å². The highest BCUT2D eigenvalue weighted by molar-refractivity contribution is 5.99. The van der Waals surface area contributed by atoms with Crippen molar-refractivity contribution in [1.29, 1.82) is 0 Å². The van der Waals surface area contributed by atoms with Crippen molar-refractivity contribution in [1.82, 2.24) is 9.78 Å². The van der Waals surface area contributed by atoms with E-state index in [1.807, 2.05) is 0 Å². The number of carbonyl (C=O) groups excluding carboxylic acids is 1. The van der Waals surface area contributed by atoms with Crippen LogP contribution in [0.3, 0.4) is 0 Å². The van der Waals surface area contributed by atoms with Crippen LogP contribution in [0.2, 0.25) is 0 Å². The molecule has 0 fully saturated rings. The first kappa shape index (κ1) is 10.5. The Hall–Kier alpha value is -1.59. The molecule has 0 N–H and O–H groups in total. The second-order valence-corrected chi connectivity index (χ2v) is 2.57. The van der Waals surface area contributed by atoms with E-state index in [1.54, 1.807) is 0 Å². The minimum atomic E-state index is -4.85. The zero-order valence-electron chi connectivity index (χ0n) is 7.08. The van der Waals surface area contributed by atoms with Crippen molar-refractivity contribution < 1.29 is 18.0 Å². The van der Waals surface area contributed by atoms with Crippen LogP contribution in [0.15, 0.2) is 25.0 Å². The van der Waals surface area contributed by atoms with E-state index in [2.05, 4.69) is 11.7 Å². The fraction of sp³-hybridized carbons (Fsp3) is 0.250. The first-order chi connectivity index (χ1) is 6.45. The van der Waals surface area contributed by atoms with E-state index in [9.17, 15) is 18.0 Å². The highest BCUT2D eigenvalue weighted by Crippen LogP contribution is 2.20. The largest absolute Gasteiger partial charge is 0.454 e. The summed E-state index contributed by atoms with van der Waals surface area (Å²) >= 11 is 0. The minimum Gasteiger partial charge on any atom is -0.284 e. The summed E-state index contributed by atoms with van der Waals surface area (Å²) in [6.45, 7) is 3.66. The molecule has 0 bridgehead atoms. The number of halogens is 3. The van der Waals surface area contributed by atoms with Gasteiger partial charge in [-0.15, -0.1) is 6.58 Å². The van der Waals surface area contributed by atoms with Crippen molar-refractivity contribution in [2.45, 2.75) is 12.7 Å². The van der Waals surface area contributed by atoms with E-state index in [1.165, 1.54) is 10.8 Å². The fourth-order valence-corrected chi connectivity index (χ4v) is 0.877. The normalized spacial score (nSPS) is 11.4. The maximum absolute atomic E-state index is 11.9. The summed E-state index contributed by atoms with van der Waals surface area (Å²) < 4.78 is 37.0. The Morgan fingerprint density at radius 3 is 2.79 bits per heavy atom. The molecule has 1 aromatic rings. The lowest BCUT2D eigenvalue weighted by Gasteiger charge is -2.00. The van der Waals surface area contributed by atoms with Gasteiger partial charge < -0.3 is 0 Å². The molecule has 1 aromatic heterocycles. The highest BCUT2D eigenvalue weighted by Gasteiger charge is 2.39. The van der Waals surface area contributed by atoms with Gasteiger partial charge in [-0.05, 0) is 0 Å². The maximum Gasteiger partial charge on any atom is 0.454 e. The molecule has 0 unspecified atom stereocenters. The molecule has 76 valence electrons. The third-order valence-corrected chi connectivity index (χ3v) is 1.47. The van der Waals surface area contributed by atoms with E-state index in [-0.39, 0.29) is 6.54 Å². The quantitative estimate of drug-likeness (QED) is 0.556. The number of hydrogen-bond acceptors (Lipinski definition) is 2. The number of carbonyl (C=O) groups is 1. The number of Topliss-reactive ketones (excluding diaryl/α,β-unsaturated/α-hetero) is 1. The van der Waals surface area contributed by atoms with Crippen LogP contribution in [0.1, 0.15) is 10.4 Å². The predicted molar refractivity (Wildman–Crippen MR) is 42.8 cm³/mol. The lowest BCUT2D eigenvalue weighted by molar-refractivity contribution is -0.0885. The second-order valence-electron chi connectivity index (χ2n) is 2.57. The summed E-state index contributed by atoms with van der Waals surface area (Å²) in [6.07, 6.45) is -1.45. The van der Waals surface area contributed by atoms with Crippen LogP contribution in [-0.2, 0) is 6.54 Å². The van der Waals surface area contributed by atoms with E-state index < -0.39 is 17.5 Å². The molecular weight excluding hydrogens is 197 g/mol. The summed E-state index contributed by atoms with van der Waals surface area (Å²) in [5.41, 5.74) is -0.459. The van der Waals surface area contributed by atoms with Crippen molar-refractivity contribution in [3.05, 3.63) is 30.6 Å². The highest BCUT2D eigenvalue weighted by atomic mass is 19.4. The van der Waals surface area contributed by atoms with Gasteiger partial charge in [0.15, 0.2) is 0 Å². The number of alkyl halides is 3. The Morgan fingerprint density at radius 2 is 2.29 bits per heavy atom. The molecule has 0 radical (unpaired) electrons. The molecule has 0 aliphatic carbocycles. The Kier molecular flexibility index (Phi) is 2.73. The van der Waals surface area contributed by atoms with Crippen molar-refractivity contribution in [3.8, 4) is 0 Å². The number of hydrogen-bond donors (Lipinski definition) is 0. The monoisotopic (exact) mass is 204 g/mol. The fourth-order valence-electron chi connectivity index (χ4n) is 0.877. The number of rotatable bonds is 3. The average molecular weight is 204 g/mol. The van der Waals surface area contributed by atoms with E-state index in [0.29, 0.717) is 0 Å². The topological polar surface area (TPSA) is 34.9 Å². The first-order valence-electron chi connectivity index (χ1n) is 3.70. The van der Waals surface area contributed by atoms with Crippen LogP contribution in [0.5, 0.6) is 0 Å². The summed E-state index contributed by atoms with van der Waals surface area (Å²) in [5, 5.41) is 3.57. The predicted octanol–water partition coefficient (Wildman–Crippen LogP) is 1.81. The number of allylic oxidation sites excluding steroid dienone is 1. The van der Waals surface area contributed by atoms with E-state index in [0.717, 1.165) is 12.4 Å². The van der Waals surface area contributed by atoms with Crippen molar-refractivity contribution in [2.75, 3.05) is 0 Å². The molecule has 0 amide bonds. The van der Waals surface area contributed by atoms with Gasteiger partial charge in [0.1, 0.15) is 0 Å². The molecule has 0 saturated heterocycles. The second kappa shape index (κ2) is 3.65. The molecule has 3 nitrogen and oxygen atoms in total.